The first kappa shape index (κ1) is 25.0. The number of halogens is 1. The lowest BCUT2D eigenvalue weighted by atomic mass is 9.99. The molecule has 1 N–H and O–H groups in total. The molecule has 10 heteroatoms. The molecule has 3 aliphatic rings. The van der Waals surface area contributed by atoms with Crippen molar-refractivity contribution >= 4 is 47.6 Å². The van der Waals surface area contributed by atoms with E-state index in [4.69, 9.17) is 9.47 Å². The Labute approximate surface area is 196 Å². The Kier molecular flexibility index (Phi) is 10.8. The standard InChI is InChI=1S/C19H35N5O3S.HI/c1-20-18(21-16-19(28-2)3-11-26-12-4-19)24-7-5-22(6-8-24)15-17(25)23-9-13-27-14-10-23;/h3-16H2,1-2H3,(H,20,21);1H. The van der Waals surface area contributed by atoms with Gasteiger partial charge in [-0.3, -0.25) is 14.7 Å². The van der Waals surface area contributed by atoms with Gasteiger partial charge in [0.25, 0.3) is 0 Å². The molecule has 1 amide bonds. The van der Waals surface area contributed by atoms with Crippen LogP contribution < -0.4 is 5.32 Å². The van der Waals surface area contributed by atoms with Gasteiger partial charge in [-0.05, 0) is 19.1 Å². The first-order chi connectivity index (χ1) is 13.7. The molecule has 3 saturated heterocycles. The number of aliphatic imine (C=N–C) groups is 1. The zero-order valence-corrected chi connectivity index (χ0v) is 20.9. The number of rotatable bonds is 5. The minimum atomic E-state index is 0. The summed E-state index contributed by atoms with van der Waals surface area (Å²) < 4.78 is 11.1. The van der Waals surface area contributed by atoms with Gasteiger partial charge in [0.15, 0.2) is 5.96 Å². The van der Waals surface area contributed by atoms with Crippen LogP contribution in [0.5, 0.6) is 0 Å². The highest BCUT2D eigenvalue weighted by atomic mass is 127. The number of thioether (sulfide) groups is 1. The molecule has 3 rings (SSSR count). The van der Waals surface area contributed by atoms with Gasteiger partial charge in [-0.1, -0.05) is 0 Å². The van der Waals surface area contributed by atoms with Crippen LogP contribution in [0.4, 0.5) is 0 Å². The van der Waals surface area contributed by atoms with Crippen molar-refractivity contribution in [1.82, 2.24) is 20.0 Å². The molecule has 0 radical (unpaired) electrons. The number of carbonyl (C=O) groups is 1. The normalized spacial score (nSPS) is 23.4. The second-order valence-electron chi connectivity index (χ2n) is 7.66. The lowest BCUT2D eigenvalue weighted by Gasteiger charge is -2.40. The number of hydrogen-bond acceptors (Lipinski definition) is 6. The van der Waals surface area contributed by atoms with Crippen LogP contribution in [0.25, 0.3) is 0 Å². The number of nitrogens with one attached hydrogen (secondary N) is 1. The summed E-state index contributed by atoms with van der Waals surface area (Å²) in [4.78, 5) is 23.4. The van der Waals surface area contributed by atoms with Crippen molar-refractivity contribution in [3.05, 3.63) is 0 Å². The molecule has 0 aromatic carbocycles. The number of nitrogens with zero attached hydrogens (tertiary/aromatic N) is 4. The topological polar surface area (TPSA) is 69.6 Å². The lowest BCUT2D eigenvalue weighted by Crippen LogP contribution is -2.56. The third kappa shape index (κ3) is 7.12. The Morgan fingerprint density at radius 3 is 2.21 bits per heavy atom. The number of ether oxygens (including phenoxy) is 2. The van der Waals surface area contributed by atoms with E-state index in [1.807, 2.05) is 23.7 Å². The van der Waals surface area contributed by atoms with E-state index in [0.717, 1.165) is 77.8 Å². The van der Waals surface area contributed by atoms with Gasteiger partial charge in [-0.15, -0.1) is 24.0 Å². The van der Waals surface area contributed by atoms with Crippen molar-refractivity contribution in [1.29, 1.82) is 0 Å². The largest absolute Gasteiger partial charge is 0.381 e. The van der Waals surface area contributed by atoms with Crippen molar-refractivity contribution in [2.45, 2.75) is 17.6 Å². The molecule has 0 bridgehead atoms. The van der Waals surface area contributed by atoms with Gasteiger partial charge >= 0.3 is 0 Å². The van der Waals surface area contributed by atoms with Gasteiger partial charge in [0.1, 0.15) is 0 Å². The van der Waals surface area contributed by atoms with Crippen LogP contribution in [0.15, 0.2) is 4.99 Å². The summed E-state index contributed by atoms with van der Waals surface area (Å²) >= 11 is 1.94. The first-order valence-corrected chi connectivity index (χ1v) is 11.5. The molecule has 0 aliphatic carbocycles. The van der Waals surface area contributed by atoms with Crippen molar-refractivity contribution in [2.75, 3.05) is 92.1 Å². The molecular formula is C19H36IN5O3S. The monoisotopic (exact) mass is 541 g/mol. The molecule has 3 aliphatic heterocycles. The minimum Gasteiger partial charge on any atom is -0.381 e. The first-order valence-electron chi connectivity index (χ1n) is 10.3. The maximum Gasteiger partial charge on any atom is 0.236 e. The van der Waals surface area contributed by atoms with Gasteiger partial charge in [0.05, 0.1) is 19.8 Å². The molecule has 29 heavy (non-hydrogen) atoms. The van der Waals surface area contributed by atoms with Crippen molar-refractivity contribution in [3.8, 4) is 0 Å². The van der Waals surface area contributed by atoms with Crippen LogP contribution in [0.3, 0.4) is 0 Å². The second kappa shape index (κ2) is 12.5. The average Bonchev–Trinajstić information content (AvgIpc) is 2.76. The molecule has 0 aromatic heterocycles. The fraction of sp³-hybridized carbons (Fsp3) is 0.895. The smallest absolute Gasteiger partial charge is 0.236 e. The van der Waals surface area contributed by atoms with E-state index in [0.29, 0.717) is 19.8 Å². The Bertz CT molecular complexity index is 534. The number of guanidine groups is 1. The summed E-state index contributed by atoms with van der Waals surface area (Å²) in [5.41, 5.74) is 0. The summed E-state index contributed by atoms with van der Waals surface area (Å²) in [5.74, 6) is 1.19. The number of hydrogen-bond donors (Lipinski definition) is 1. The zero-order valence-electron chi connectivity index (χ0n) is 17.7. The van der Waals surface area contributed by atoms with E-state index in [1.165, 1.54) is 0 Å². The molecule has 0 saturated carbocycles. The fourth-order valence-electron chi connectivity index (χ4n) is 3.99. The molecule has 0 spiro atoms. The molecule has 168 valence electrons. The Morgan fingerprint density at radius 1 is 1.00 bits per heavy atom. The number of piperazine rings is 1. The zero-order chi connectivity index (χ0) is 19.8. The third-order valence-electron chi connectivity index (χ3n) is 6.01. The second-order valence-corrected chi connectivity index (χ2v) is 8.93. The summed E-state index contributed by atoms with van der Waals surface area (Å²) in [6, 6.07) is 0. The highest BCUT2D eigenvalue weighted by Crippen LogP contribution is 2.33. The van der Waals surface area contributed by atoms with Crippen molar-refractivity contribution in [3.63, 3.8) is 0 Å². The van der Waals surface area contributed by atoms with E-state index in [9.17, 15) is 4.79 Å². The van der Waals surface area contributed by atoms with E-state index < -0.39 is 0 Å². The van der Waals surface area contributed by atoms with Crippen molar-refractivity contribution in [2.24, 2.45) is 4.99 Å². The van der Waals surface area contributed by atoms with E-state index in [-0.39, 0.29) is 34.6 Å². The van der Waals surface area contributed by atoms with Crippen LogP contribution >= 0.6 is 35.7 Å². The SMILES string of the molecule is CN=C(NCC1(SC)CCOCC1)N1CCN(CC(=O)N2CCOCC2)CC1.I. The van der Waals surface area contributed by atoms with Gasteiger partial charge in [0.2, 0.25) is 5.91 Å². The van der Waals surface area contributed by atoms with Gasteiger partial charge < -0.3 is 24.6 Å². The predicted octanol–water partition coefficient (Wildman–Crippen LogP) is 0.568. The highest BCUT2D eigenvalue weighted by Gasteiger charge is 2.32. The molecule has 8 nitrogen and oxygen atoms in total. The van der Waals surface area contributed by atoms with Crippen LogP contribution in [-0.2, 0) is 14.3 Å². The Morgan fingerprint density at radius 2 is 1.62 bits per heavy atom. The molecule has 0 atom stereocenters. The van der Waals surface area contributed by atoms with Gasteiger partial charge in [0, 0.05) is 70.8 Å². The number of amides is 1. The maximum atomic E-state index is 12.5. The van der Waals surface area contributed by atoms with E-state index >= 15 is 0 Å². The predicted molar refractivity (Wildman–Crippen MR) is 128 cm³/mol. The minimum absolute atomic E-state index is 0. The summed E-state index contributed by atoms with van der Waals surface area (Å²) in [6.07, 6.45) is 4.35. The van der Waals surface area contributed by atoms with Gasteiger partial charge in [-0.2, -0.15) is 11.8 Å². The summed E-state index contributed by atoms with van der Waals surface area (Å²) in [5, 5.41) is 3.60. The molecule has 0 unspecified atom stereocenters. The highest BCUT2D eigenvalue weighted by molar-refractivity contribution is 14.0. The Balaban J connectivity index is 0.00000300. The maximum absolute atomic E-state index is 12.5. The number of morpholine rings is 1. The molecule has 3 fully saturated rings. The Hall–Kier alpha value is -0.300. The lowest BCUT2D eigenvalue weighted by molar-refractivity contribution is -0.136. The molecular weight excluding hydrogens is 505 g/mol. The summed E-state index contributed by atoms with van der Waals surface area (Å²) in [7, 11) is 1.85. The van der Waals surface area contributed by atoms with Crippen LogP contribution in [-0.4, -0.2) is 123 Å². The van der Waals surface area contributed by atoms with Crippen LogP contribution in [0, 0.1) is 0 Å². The van der Waals surface area contributed by atoms with E-state index in [2.05, 4.69) is 26.4 Å². The molecule has 0 aromatic rings. The average molecular weight is 542 g/mol. The third-order valence-corrected chi connectivity index (χ3v) is 7.43. The van der Waals surface area contributed by atoms with Crippen LogP contribution in [0.2, 0.25) is 0 Å². The fourth-order valence-corrected chi connectivity index (χ4v) is 4.78. The summed E-state index contributed by atoms with van der Waals surface area (Å²) in [6.45, 7) is 9.43. The van der Waals surface area contributed by atoms with E-state index in [1.54, 1.807) is 0 Å². The van der Waals surface area contributed by atoms with Gasteiger partial charge in [-0.25, -0.2) is 0 Å². The quantitative estimate of drug-likeness (QED) is 0.310. The number of carbonyl (C=O) groups excluding carboxylic acids is 1. The van der Waals surface area contributed by atoms with Crippen LogP contribution in [0.1, 0.15) is 12.8 Å². The van der Waals surface area contributed by atoms with Crippen molar-refractivity contribution < 1.29 is 14.3 Å². The molecule has 3 heterocycles.